The van der Waals surface area contributed by atoms with Crippen molar-refractivity contribution in [2.75, 3.05) is 5.32 Å². The van der Waals surface area contributed by atoms with Gasteiger partial charge in [0.2, 0.25) is 0 Å². The van der Waals surface area contributed by atoms with Crippen LogP contribution in [-0.4, -0.2) is 15.4 Å². The molecule has 190 valence electrons. The minimum absolute atomic E-state index is 0.0154. The monoisotopic (exact) mass is 542 g/mol. The quantitative estimate of drug-likeness (QED) is 0.279. The number of para-hydroxylation sites is 1. The summed E-state index contributed by atoms with van der Waals surface area (Å²) in [5.74, 6) is -0.300. The maximum atomic E-state index is 13.6. The molecule has 0 bridgehead atoms. The maximum absolute atomic E-state index is 13.6. The molecule has 0 radical (unpaired) electrons. The van der Waals surface area contributed by atoms with Gasteiger partial charge < -0.3 is 5.32 Å². The number of nitro groups is 1. The minimum Gasteiger partial charge on any atom is -0.322 e. The Balaban J connectivity index is 1.53. The van der Waals surface area contributed by atoms with Crippen LogP contribution >= 0.6 is 22.7 Å². The number of aryl methyl sites for hydroxylation is 1. The lowest BCUT2D eigenvalue weighted by Gasteiger charge is -2.24. The van der Waals surface area contributed by atoms with E-state index in [4.69, 9.17) is 0 Å². The Morgan fingerprint density at radius 2 is 1.87 bits per heavy atom. The Kier molecular flexibility index (Phi) is 6.99. The lowest BCUT2D eigenvalue weighted by molar-refractivity contribution is -0.384. The number of aromatic nitrogens is 1. The van der Waals surface area contributed by atoms with Gasteiger partial charge in [-0.05, 0) is 60.7 Å². The molecule has 0 aliphatic carbocycles. The van der Waals surface area contributed by atoms with Crippen LogP contribution in [0.5, 0.6) is 0 Å². The van der Waals surface area contributed by atoms with Crippen LogP contribution < -0.4 is 20.2 Å². The van der Waals surface area contributed by atoms with Gasteiger partial charge in [0.15, 0.2) is 4.80 Å². The third-order valence-electron chi connectivity index (χ3n) is 6.11. The van der Waals surface area contributed by atoms with Crippen LogP contribution in [0, 0.1) is 17.0 Å². The summed E-state index contributed by atoms with van der Waals surface area (Å²) in [6.45, 7) is 3.71. The van der Waals surface area contributed by atoms with Crippen molar-refractivity contribution in [2.24, 2.45) is 4.99 Å². The first-order valence-corrected chi connectivity index (χ1v) is 13.4. The summed E-state index contributed by atoms with van der Waals surface area (Å²) in [4.78, 5) is 43.6. The highest BCUT2D eigenvalue weighted by molar-refractivity contribution is 7.10. The predicted octanol–water partition coefficient (Wildman–Crippen LogP) is 4.82. The van der Waals surface area contributed by atoms with Crippen molar-refractivity contribution in [1.29, 1.82) is 0 Å². The number of nitro benzene ring substituents is 1. The molecule has 0 saturated heterocycles. The zero-order chi connectivity index (χ0) is 26.8. The van der Waals surface area contributed by atoms with Crippen LogP contribution in [-0.2, 0) is 4.79 Å². The van der Waals surface area contributed by atoms with E-state index in [9.17, 15) is 19.7 Å². The van der Waals surface area contributed by atoms with E-state index in [0.29, 0.717) is 26.3 Å². The number of thiophene rings is 1. The number of fused-ring (bicyclic) bond motifs is 1. The fraction of sp³-hybridized carbons (Fsp3) is 0.107. The summed E-state index contributed by atoms with van der Waals surface area (Å²) in [5.41, 5.74) is 3.17. The third-order valence-corrected chi connectivity index (χ3v) is 8.04. The number of nitrogens with zero attached hydrogens (tertiary/aromatic N) is 3. The highest BCUT2D eigenvalue weighted by Crippen LogP contribution is 2.33. The number of anilines is 1. The van der Waals surface area contributed by atoms with Crippen LogP contribution in [0.1, 0.15) is 29.0 Å². The molecule has 10 heteroatoms. The summed E-state index contributed by atoms with van der Waals surface area (Å²) < 4.78 is 2.05. The smallest absolute Gasteiger partial charge is 0.271 e. The molecule has 1 aliphatic heterocycles. The lowest BCUT2D eigenvalue weighted by Crippen LogP contribution is -2.40. The third kappa shape index (κ3) is 4.91. The highest BCUT2D eigenvalue weighted by Gasteiger charge is 2.33. The molecule has 3 heterocycles. The van der Waals surface area contributed by atoms with E-state index >= 15 is 0 Å². The largest absolute Gasteiger partial charge is 0.322 e. The maximum Gasteiger partial charge on any atom is 0.271 e. The summed E-state index contributed by atoms with van der Waals surface area (Å²) in [5, 5.41) is 15.8. The SMILES string of the molecule is CC1=C(C(=O)Nc2ccccc2C)C(c2cccs2)n2c(s/c(=C/C=C/c3ccc([N+](=O)[O-])cc3)c2=O)=N1. The van der Waals surface area contributed by atoms with Crippen LogP contribution in [0.3, 0.4) is 0 Å². The molecular formula is C28H22N4O4S2. The molecule has 2 aromatic heterocycles. The average molecular weight is 543 g/mol. The van der Waals surface area contributed by atoms with E-state index in [-0.39, 0.29) is 17.2 Å². The van der Waals surface area contributed by atoms with Gasteiger partial charge in [-0.25, -0.2) is 4.99 Å². The summed E-state index contributed by atoms with van der Waals surface area (Å²) in [7, 11) is 0. The van der Waals surface area contributed by atoms with Crippen molar-refractivity contribution in [3.8, 4) is 0 Å². The van der Waals surface area contributed by atoms with Gasteiger partial charge in [-0.2, -0.15) is 0 Å². The van der Waals surface area contributed by atoms with E-state index in [1.165, 1.54) is 34.8 Å². The molecule has 1 aliphatic rings. The second kappa shape index (κ2) is 10.5. The average Bonchev–Trinajstić information content (AvgIpc) is 3.53. The molecule has 0 fully saturated rings. The van der Waals surface area contributed by atoms with E-state index in [0.717, 1.165) is 16.0 Å². The first-order chi connectivity index (χ1) is 18.3. The molecule has 8 nitrogen and oxygen atoms in total. The van der Waals surface area contributed by atoms with Gasteiger partial charge in [-0.3, -0.25) is 24.3 Å². The van der Waals surface area contributed by atoms with Crippen molar-refractivity contribution < 1.29 is 9.72 Å². The number of hydrogen-bond donors (Lipinski definition) is 1. The Bertz CT molecular complexity index is 1780. The standard InChI is InChI=1S/C28H22N4O4S2/c1-17-7-3-4-9-21(17)30-26(33)24-18(2)29-28-31(25(24)22-11-6-16-37-22)27(34)23(38-28)10-5-8-19-12-14-20(15-13-19)32(35)36/h3-16,25H,1-2H3,(H,30,33)/b8-5+,23-10+. The van der Waals surface area contributed by atoms with Crippen molar-refractivity contribution >= 4 is 52.1 Å². The van der Waals surface area contributed by atoms with Crippen molar-refractivity contribution in [3.63, 3.8) is 0 Å². The lowest BCUT2D eigenvalue weighted by atomic mass is 10.0. The van der Waals surface area contributed by atoms with Gasteiger partial charge in [-0.1, -0.05) is 47.8 Å². The number of rotatable bonds is 6. The van der Waals surface area contributed by atoms with Crippen LogP contribution in [0.25, 0.3) is 12.2 Å². The number of amides is 1. The summed E-state index contributed by atoms with van der Waals surface area (Å²) in [6, 6.07) is 16.9. The van der Waals surface area contributed by atoms with Gasteiger partial charge in [0, 0.05) is 22.7 Å². The van der Waals surface area contributed by atoms with Gasteiger partial charge in [0.25, 0.3) is 17.2 Å². The van der Waals surface area contributed by atoms with Crippen LogP contribution in [0.4, 0.5) is 11.4 Å². The number of non-ortho nitro benzene ring substituents is 1. The number of allylic oxidation sites excluding steroid dienone is 2. The molecule has 0 spiro atoms. The molecule has 4 aromatic rings. The molecule has 38 heavy (non-hydrogen) atoms. The highest BCUT2D eigenvalue weighted by atomic mass is 32.1. The second-order valence-corrected chi connectivity index (χ2v) is 10.6. The molecule has 1 N–H and O–H groups in total. The zero-order valence-corrected chi connectivity index (χ0v) is 22.1. The minimum atomic E-state index is -0.601. The Morgan fingerprint density at radius 1 is 1.11 bits per heavy atom. The normalized spacial score (nSPS) is 15.4. The van der Waals surface area contributed by atoms with Gasteiger partial charge >= 0.3 is 0 Å². The molecular weight excluding hydrogens is 520 g/mol. The number of carbonyl (C=O) groups is 1. The Hall–Kier alpha value is -4.41. The molecule has 1 unspecified atom stereocenters. The van der Waals surface area contributed by atoms with E-state index < -0.39 is 11.0 Å². The predicted molar refractivity (Wildman–Crippen MR) is 151 cm³/mol. The summed E-state index contributed by atoms with van der Waals surface area (Å²) in [6.07, 6.45) is 5.20. The first-order valence-electron chi connectivity index (χ1n) is 11.7. The van der Waals surface area contributed by atoms with Gasteiger partial charge in [-0.15, -0.1) is 11.3 Å². The van der Waals surface area contributed by atoms with Crippen molar-refractivity contribution in [3.05, 3.63) is 129 Å². The first kappa shape index (κ1) is 25.2. The van der Waals surface area contributed by atoms with Crippen molar-refractivity contribution in [2.45, 2.75) is 19.9 Å². The number of nitrogens with one attached hydrogen (secondary N) is 1. The fourth-order valence-electron chi connectivity index (χ4n) is 4.20. The van der Waals surface area contributed by atoms with E-state index in [1.54, 1.807) is 41.9 Å². The number of thiazole rings is 1. The molecule has 1 amide bonds. The molecule has 5 rings (SSSR count). The summed E-state index contributed by atoms with van der Waals surface area (Å²) >= 11 is 2.73. The Morgan fingerprint density at radius 3 is 2.55 bits per heavy atom. The molecule has 2 aromatic carbocycles. The van der Waals surface area contributed by atoms with Crippen LogP contribution in [0.2, 0.25) is 0 Å². The van der Waals surface area contributed by atoms with Crippen LogP contribution in [0.15, 0.2) is 93.2 Å². The number of benzene rings is 2. The van der Waals surface area contributed by atoms with E-state index in [2.05, 4.69) is 10.3 Å². The zero-order valence-electron chi connectivity index (χ0n) is 20.5. The Labute approximate surface area is 225 Å². The molecule has 0 saturated carbocycles. The fourth-order valence-corrected chi connectivity index (χ4v) is 6.02. The second-order valence-electron chi connectivity index (χ2n) is 8.60. The van der Waals surface area contributed by atoms with Crippen molar-refractivity contribution in [1.82, 2.24) is 4.57 Å². The van der Waals surface area contributed by atoms with Gasteiger partial charge in [0.1, 0.15) is 6.04 Å². The van der Waals surface area contributed by atoms with Gasteiger partial charge in [0.05, 0.1) is 20.7 Å². The number of carbonyl (C=O) groups excluding carboxylic acids is 1. The topological polar surface area (TPSA) is 107 Å². The molecule has 1 atom stereocenters. The number of hydrogen-bond acceptors (Lipinski definition) is 7. The van der Waals surface area contributed by atoms with E-state index in [1.807, 2.05) is 48.7 Å².